The molecule has 2 N–H and O–H groups in total. The van der Waals surface area contributed by atoms with Crippen LogP contribution in [0.4, 0.5) is 0 Å². The quantitative estimate of drug-likeness (QED) is 0.326. The van der Waals surface area contributed by atoms with Crippen molar-refractivity contribution in [3.05, 3.63) is 12.2 Å². The lowest BCUT2D eigenvalue weighted by atomic mass is 9.31. The number of carbonyl (C=O) groups excluding carboxylic acids is 1. The van der Waals surface area contributed by atoms with Gasteiger partial charge in [-0.15, -0.1) is 0 Å². The minimum atomic E-state index is -0.860. The van der Waals surface area contributed by atoms with E-state index in [2.05, 4.69) is 48.1 Å². The first-order valence-electron chi connectivity index (χ1n) is 14.8. The normalized spacial score (nSPS) is 52.2. The van der Waals surface area contributed by atoms with Crippen LogP contribution < -0.4 is 0 Å². The van der Waals surface area contributed by atoms with Gasteiger partial charge in [-0.25, -0.2) is 0 Å². The number of carboxylic acid groups (broad SMARTS) is 1. The maximum atomic E-state index is 13.8. The number of esters is 1. The minimum Gasteiger partial charge on any atom is -0.481 e. The number of hydrogen-bond acceptors (Lipinski definition) is 4. The Morgan fingerprint density at radius 2 is 1.57 bits per heavy atom. The van der Waals surface area contributed by atoms with Crippen LogP contribution in [-0.2, 0) is 14.3 Å². The lowest BCUT2D eigenvalue weighted by Crippen LogP contribution is -2.72. The highest BCUT2D eigenvalue weighted by Gasteiger charge is 2.76. The molecule has 11 atom stereocenters. The van der Waals surface area contributed by atoms with Crippen LogP contribution in [0, 0.1) is 56.7 Å². The van der Waals surface area contributed by atoms with Crippen molar-refractivity contribution < 1.29 is 24.5 Å². The molecule has 0 spiro atoms. The van der Waals surface area contributed by atoms with E-state index in [1.165, 1.54) is 25.3 Å². The van der Waals surface area contributed by atoms with Crippen molar-refractivity contribution in [2.75, 3.05) is 0 Å². The second-order valence-electron chi connectivity index (χ2n) is 15.2. The molecular formula is C32H50O5. The van der Waals surface area contributed by atoms with E-state index in [9.17, 15) is 19.8 Å². The molecule has 5 fully saturated rings. The van der Waals surface area contributed by atoms with Crippen LogP contribution in [0.2, 0.25) is 0 Å². The Labute approximate surface area is 223 Å². The van der Waals surface area contributed by atoms with E-state index >= 15 is 0 Å². The highest BCUT2D eigenvalue weighted by molar-refractivity contribution is 5.77. The number of allylic oxidation sites excluding steroid dienone is 1. The monoisotopic (exact) mass is 514 g/mol. The van der Waals surface area contributed by atoms with E-state index in [0.717, 1.165) is 32.1 Å². The summed E-state index contributed by atoms with van der Waals surface area (Å²) in [7, 11) is 0. The van der Waals surface area contributed by atoms with E-state index in [4.69, 9.17) is 4.74 Å². The summed E-state index contributed by atoms with van der Waals surface area (Å²) in [5.41, 5.74) is -0.518. The maximum Gasteiger partial charge on any atom is 0.310 e. The van der Waals surface area contributed by atoms with Crippen LogP contribution in [0.1, 0.15) is 106 Å². The molecule has 0 saturated heterocycles. The second kappa shape index (κ2) is 8.32. The van der Waals surface area contributed by atoms with Gasteiger partial charge in [0.25, 0.3) is 0 Å². The van der Waals surface area contributed by atoms with Gasteiger partial charge < -0.3 is 14.9 Å². The molecule has 208 valence electrons. The first-order valence-corrected chi connectivity index (χ1v) is 14.8. The Morgan fingerprint density at radius 3 is 2.16 bits per heavy atom. The highest BCUT2D eigenvalue weighted by Crippen LogP contribution is 2.77. The average molecular weight is 515 g/mol. The van der Waals surface area contributed by atoms with E-state index in [-0.39, 0.29) is 34.1 Å². The Morgan fingerprint density at radius 1 is 0.892 bits per heavy atom. The number of fused-ring (bicyclic) bond motifs is 7. The van der Waals surface area contributed by atoms with E-state index in [1.807, 2.05) is 0 Å². The van der Waals surface area contributed by atoms with Crippen LogP contribution >= 0.6 is 0 Å². The van der Waals surface area contributed by atoms with Crippen LogP contribution in [0.3, 0.4) is 0 Å². The molecule has 0 radical (unpaired) electrons. The molecule has 5 rings (SSSR count). The molecule has 5 saturated carbocycles. The molecule has 0 aromatic rings. The summed E-state index contributed by atoms with van der Waals surface area (Å²) < 4.78 is 6.00. The number of carboxylic acids is 1. The number of ether oxygens (including phenoxy) is 1. The van der Waals surface area contributed by atoms with Gasteiger partial charge in [0.05, 0.1) is 11.5 Å². The molecule has 0 bridgehead atoms. The standard InChI is InChI=1S/C32H50O5/c1-18(2)20-11-13-29(6)15-16-30(7)21(26(20)29)9-10-23-31(8)22(12-14-32(23,30)27(35)36)28(4,5)24(34)17-25(31)37-19(3)33/h20-26,34H,1,9-17H2,2-8H3,(H,35,36)/t20-,21+,22-,23+,24-,25+,26+,29+,30+,31-,32+/m0/s1. The van der Waals surface area contributed by atoms with Gasteiger partial charge in [-0.3, -0.25) is 9.59 Å². The van der Waals surface area contributed by atoms with Crippen molar-refractivity contribution >= 4 is 11.9 Å². The number of aliphatic hydroxyl groups excluding tert-OH is 1. The largest absolute Gasteiger partial charge is 0.481 e. The molecule has 0 amide bonds. The van der Waals surface area contributed by atoms with Gasteiger partial charge in [0.2, 0.25) is 0 Å². The Balaban J connectivity index is 1.66. The summed E-state index contributed by atoms with van der Waals surface area (Å²) in [5.74, 6) is 0.325. The fourth-order valence-corrected chi connectivity index (χ4v) is 11.8. The number of rotatable bonds is 3. The van der Waals surface area contributed by atoms with Crippen molar-refractivity contribution in [1.82, 2.24) is 0 Å². The van der Waals surface area contributed by atoms with Crippen LogP contribution in [0.15, 0.2) is 12.2 Å². The van der Waals surface area contributed by atoms with Crippen molar-refractivity contribution in [2.24, 2.45) is 56.7 Å². The fraction of sp³-hybridized carbons (Fsp3) is 0.875. The number of carbonyl (C=O) groups is 2. The van der Waals surface area contributed by atoms with Crippen molar-refractivity contribution in [3.63, 3.8) is 0 Å². The van der Waals surface area contributed by atoms with Gasteiger partial charge in [-0.1, -0.05) is 46.8 Å². The summed E-state index contributed by atoms with van der Waals surface area (Å²) in [5, 5.41) is 22.5. The van der Waals surface area contributed by atoms with Gasteiger partial charge in [0, 0.05) is 18.8 Å². The topological polar surface area (TPSA) is 83.8 Å². The molecule has 0 aliphatic heterocycles. The first-order chi connectivity index (χ1) is 17.1. The first kappa shape index (κ1) is 27.2. The molecular weight excluding hydrogens is 464 g/mol. The van der Waals surface area contributed by atoms with Crippen molar-refractivity contribution in [3.8, 4) is 0 Å². The molecule has 5 aliphatic rings. The number of aliphatic carboxylic acids is 1. The Hall–Kier alpha value is -1.36. The summed E-state index contributed by atoms with van der Waals surface area (Å²) >= 11 is 0. The van der Waals surface area contributed by atoms with Gasteiger partial charge in [-0.2, -0.15) is 0 Å². The predicted octanol–water partition coefficient (Wildman–Crippen LogP) is 6.63. The van der Waals surface area contributed by atoms with Gasteiger partial charge in [-0.05, 0) is 104 Å². The van der Waals surface area contributed by atoms with Gasteiger partial charge in [0.1, 0.15) is 6.10 Å². The lowest BCUT2D eigenvalue weighted by molar-refractivity contribution is -0.279. The van der Waals surface area contributed by atoms with Crippen LogP contribution in [0.5, 0.6) is 0 Å². The smallest absolute Gasteiger partial charge is 0.310 e. The molecule has 0 heterocycles. The second-order valence-corrected chi connectivity index (χ2v) is 15.2. The molecule has 0 unspecified atom stereocenters. The molecule has 0 aromatic heterocycles. The minimum absolute atomic E-state index is 0.0919. The third-order valence-corrected chi connectivity index (χ3v) is 13.7. The molecule has 5 aliphatic carbocycles. The molecule has 0 aromatic carbocycles. The Bertz CT molecular complexity index is 1000. The number of hydrogen-bond donors (Lipinski definition) is 2. The summed E-state index contributed by atoms with van der Waals surface area (Å²) in [6, 6.07) is 0. The lowest BCUT2D eigenvalue weighted by Gasteiger charge is -2.72. The summed E-state index contributed by atoms with van der Waals surface area (Å²) in [4.78, 5) is 26.0. The van der Waals surface area contributed by atoms with Crippen LogP contribution in [-0.4, -0.2) is 34.4 Å². The summed E-state index contributed by atoms with van der Waals surface area (Å²) in [6.45, 7) is 19.3. The van der Waals surface area contributed by atoms with Gasteiger partial charge >= 0.3 is 11.9 Å². The van der Waals surface area contributed by atoms with E-state index in [0.29, 0.717) is 30.6 Å². The third kappa shape index (κ3) is 3.31. The number of aliphatic hydroxyl groups is 1. The molecule has 5 heteroatoms. The maximum absolute atomic E-state index is 13.8. The van der Waals surface area contributed by atoms with Crippen molar-refractivity contribution in [2.45, 2.75) is 118 Å². The SMILES string of the molecule is C=C(C)[C@@H]1CC[C@]2(C)CC[C@]3(C)[C@H](CC[C@@H]4[C@@]5(C)[C@H](OC(C)=O)C[C@H](O)C(C)(C)[C@@H]5CC[C@]43C(=O)O)[C@@H]12. The average Bonchev–Trinajstić information content (AvgIpc) is 3.15. The van der Waals surface area contributed by atoms with E-state index < -0.39 is 29.0 Å². The van der Waals surface area contributed by atoms with Gasteiger partial charge in [0.15, 0.2) is 0 Å². The van der Waals surface area contributed by atoms with Crippen LogP contribution in [0.25, 0.3) is 0 Å². The fourth-order valence-electron chi connectivity index (χ4n) is 11.8. The zero-order valence-corrected chi connectivity index (χ0v) is 24.2. The Kier molecular flexibility index (Phi) is 6.12. The zero-order valence-electron chi connectivity index (χ0n) is 24.2. The van der Waals surface area contributed by atoms with Crippen molar-refractivity contribution in [1.29, 1.82) is 0 Å². The molecule has 5 nitrogen and oxygen atoms in total. The highest BCUT2D eigenvalue weighted by atomic mass is 16.5. The third-order valence-electron chi connectivity index (χ3n) is 13.7. The predicted molar refractivity (Wildman–Crippen MR) is 144 cm³/mol. The molecule has 37 heavy (non-hydrogen) atoms. The zero-order chi connectivity index (χ0) is 27.3. The van der Waals surface area contributed by atoms with E-state index in [1.54, 1.807) is 0 Å². The summed E-state index contributed by atoms with van der Waals surface area (Å²) in [6.07, 6.45) is 7.00.